The zero-order valence-electron chi connectivity index (χ0n) is 11.8. The number of carbonyl (C=O) groups is 1. The van der Waals surface area contributed by atoms with E-state index in [9.17, 15) is 9.90 Å². The van der Waals surface area contributed by atoms with Crippen LogP contribution in [0.15, 0.2) is 36.4 Å². The largest absolute Gasteiger partial charge is 0.478 e. The van der Waals surface area contributed by atoms with Crippen molar-refractivity contribution < 1.29 is 9.90 Å². The van der Waals surface area contributed by atoms with Gasteiger partial charge in [0.15, 0.2) is 0 Å². The van der Waals surface area contributed by atoms with Gasteiger partial charge in [0.2, 0.25) is 0 Å². The van der Waals surface area contributed by atoms with E-state index in [1.54, 1.807) is 0 Å². The molecule has 0 saturated carbocycles. The lowest BCUT2D eigenvalue weighted by atomic mass is 10.0. The summed E-state index contributed by atoms with van der Waals surface area (Å²) in [6.07, 6.45) is 10.1. The van der Waals surface area contributed by atoms with Gasteiger partial charge in [-0.1, -0.05) is 75.4 Å². The molecule has 0 aromatic heterocycles. The molecule has 0 aliphatic carbocycles. The van der Waals surface area contributed by atoms with Crippen molar-refractivity contribution in [2.24, 2.45) is 0 Å². The lowest BCUT2D eigenvalue weighted by Gasteiger charge is -2.03. The number of unbranched alkanes of at least 4 members (excludes halogenated alkanes) is 6. The molecule has 0 aliphatic rings. The van der Waals surface area contributed by atoms with Gasteiger partial charge in [-0.3, -0.25) is 0 Å². The number of hydrogen-bond donors (Lipinski definition) is 1. The fourth-order valence-corrected chi connectivity index (χ4v) is 2.12. The molecule has 0 spiro atoms. The van der Waals surface area contributed by atoms with Crippen LogP contribution >= 0.6 is 0 Å². The van der Waals surface area contributed by atoms with Gasteiger partial charge in [0.25, 0.3) is 0 Å². The number of carboxylic acids is 1. The molecule has 0 aliphatic heterocycles. The lowest BCUT2D eigenvalue weighted by molar-refractivity contribution is -0.130. The number of carboxylic acid groups (broad SMARTS) is 1. The average molecular weight is 260 g/mol. The van der Waals surface area contributed by atoms with Crippen LogP contribution in [0.4, 0.5) is 0 Å². The van der Waals surface area contributed by atoms with E-state index >= 15 is 0 Å². The van der Waals surface area contributed by atoms with Crippen molar-refractivity contribution in [2.75, 3.05) is 0 Å². The zero-order chi connectivity index (χ0) is 13.9. The van der Waals surface area contributed by atoms with Crippen molar-refractivity contribution in [3.63, 3.8) is 0 Å². The quantitative estimate of drug-likeness (QED) is 0.506. The SMILES string of the molecule is CCCCCCCCC=C(C(=O)O)c1ccccc1. The molecule has 1 rings (SSSR count). The van der Waals surface area contributed by atoms with Gasteiger partial charge in [-0.25, -0.2) is 4.79 Å². The van der Waals surface area contributed by atoms with Gasteiger partial charge in [0.05, 0.1) is 5.57 Å². The fourth-order valence-electron chi connectivity index (χ4n) is 2.12. The second-order valence-electron chi connectivity index (χ2n) is 4.85. The predicted octanol–water partition coefficient (Wildman–Crippen LogP) is 4.91. The molecule has 0 fully saturated rings. The Morgan fingerprint density at radius 2 is 1.68 bits per heavy atom. The molecule has 0 heterocycles. The highest BCUT2D eigenvalue weighted by molar-refractivity contribution is 6.15. The summed E-state index contributed by atoms with van der Waals surface area (Å²) in [5.74, 6) is -0.836. The summed E-state index contributed by atoms with van der Waals surface area (Å²) in [5, 5.41) is 9.23. The molecule has 1 aromatic rings. The number of hydrogen-bond acceptors (Lipinski definition) is 1. The first kappa shape index (κ1) is 15.5. The second-order valence-corrected chi connectivity index (χ2v) is 4.85. The van der Waals surface area contributed by atoms with Crippen LogP contribution < -0.4 is 0 Å². The zero-order valence-corrected chi connectivity index (χ0v) is 11.8. The summed E-state index contributed by atoms with van der Waals surface area (Å²) in [7, 11) is 0. The Bertz CT molecular complexity index is 393. The molecule has 1 aromatic carbocycles. The molecular formula is C17H24O2. The van der Waals surface area contributed by atoms with Crippen molar-refractivity contribution in [1.29, 1.82) is 0 Å². The van der Waals surface area contributed by atoms with Crippen LogP contribution in [0.1, 0.15) is 57.4 Å². The molecule has 19 heavy (non-hydrogen) atoms. The van der Waals surface area contributed by atoms with Crippen molar-refractivity contribution >= 4 is 11.5 Å². The van der Waals surface area contributed by atoms with E-state index in [-0.39, 0.29) is 0 Å². The van der Waals surface area contributed by atoms with Crippen molar-refractivity contribution in [2.45, 2.75) is 51.9 Å². The normalized spacial score (nSPS) is 11.5. The van der Waals surface area contributed by atoms with Gasteiger partial charge >= 0.3 is 5.97 Å². The molecule has 1 N–H and O–H groups in total. The van der Waals surface area contributed by atoms with Gasteiger partial charge in [-0.2, -0.15) is 0 Å². The Morgan fingerprint density at radius 3 is 2.32 bits per heavy atom. The van der Waals surface area contributed by atoms with E-state index in [1.165, 1.54) is 32.1 Å². The Kier molecular flexibility index (Phi) is 7.64. The maximum atomic E-state index is 11.2. The Hall–Kier alpha value is -1.57. The lowest BCUT2D eigenvalue weighted by Crippen LogP contribution is -1.99. The highest BCUT2D eigenvalue weighted by Gasteiger charge is 2.08. The van der Waals surface area contributed by atoms with E-state index in [4.69, 9.17) is 0 Å². The highest BCUT2D eigenvalue weighted by Crippen LogP contribution is 2.16. The van der Waals surface area contributed by atoms with Crippen LogP contribution in [0.3, 0.4) is 0 Å². The fraction of sp³-hybridized carbons (Fsp3) is 0.471. The van der Waals surface area contributed by atoms with Crippen LogP contribution in [0.25, 0.3) is 5.57 Å². The van der Waals surface area contributed by atoms with E-state index in [0.29, 0.717) is 5.57 Å². The Morgan fingerprint density at radius 1 is 1.05 bits per heavy atom. The summed E-state index contributed by atoms with van der Waals surface area (Å²) < 4.78 is 0. The molecule has 0 atom stereocenters. The molecule has 2 nitrogen and oxygen atoms in total. The molecule has 0 bridgehead atoms. The van der Waals surface area contributed by atoms with Crippen molar-refractivity contribution in [3.8, 4) is 0 Å². The van der Waals surface area contributed by atoms with Gasteiger partial charge in [-0.05, 0) is 18.4 Å². The minimum atomic E-state index is -0.836. The summed E-state index contributed by atoms with van der Waals surface area (Å²) in [6, 6.07) is 9.34. The summed E-state index contributed by atoms with van der Waals surface area (Å²) >= 11 is 0. The van der Waals surface area contributed by atoms with Crippen LogP contribution in [-0.4, -0.2) is 11.1 Å². The van der Waals surface area contributed by atoms with Gasteiger partial charge in [-0.15, -0.1) is 0 Å². The first-order valence-electron chi connectivity index (χ1n) is 7.24. The molecule has 0 amide bonds. The highest BCUT2D eigenvalue weighted by atomic mass is 16.4. The Labute approximate surface area is 116 Å². The summed E-state index contributed by atoms with van der Waals surface area (Å²) in [4.78, 5) is 11.2. The molecule has 2 heteroatoms. The van der Waals surface area contributed by atoms with E-state index in [1.807, 2.05) is 36.4 Å². The van der Waals surface area contributed by atoms with Crippen LogP contribution in [0.2, 0.25) is 0 Å². The summed E-state index contributed by atoms with van der Waals surface area (Å²) in [5.41, 5.74) is 1.22. The standard InChI is InChI=1S/C17H24O2/c1-2-3-4-5-6-7-11-14-16(17(18)19)15-12-9-8-10-13-15/h8-10,12-14H,2-7,11H2,1H3,(H,18,19). The van der Waals surface area contributed by atoms with E-state index in [0.717, 1.165) is 18.4 Å². The second kappa shape index (κ2) is 9.37. The van der Waals surface area contributed by atoms with Crippen LogP contribution in [0.5, 0.6) is 0 Å². The van der Waals surface area contributed by atoms with Gasteiger partial charge in [0.1, 0.15) is 0 Å². The van der Waals surface area contributed by atoms with E-state index < -0.39 is 5.97 Å². The smallest absolute Gasteiger partial charge is 0.335 e. The minimum Gasteiger partial charge on any atom is -0.478 e. The third-order valence-corrected chi connectivity index (χ3v) is 3.22. The molecule has 0 radical (unpaired) electrons. The maximum absolute atomic E-state index is 11.2. The number of benzene rings is 1. The molecule has 104 valence electrons. The van der Waals surface area contributed by atoms with Crippen LogP contribution in [0, 0.1) is 0 Å². The topological polar surface area (TPSA) is 37.3 Å². The third-order valence-electron chi connectivity index (χ3n) is 3.22. The minimum absolute atomic E-state index is 0.425. The first-order valence-corrected chi connectivity index (χ1v) is 7.24. The average Bonchev–Trinajstić information content (AvgIpc) is 2.42. The predicted molar refractivity (Wildman–Crippen MR) is 80.0 cm³/mol. The first-order chi connectivity index (χ1) is 9.25. The Balaban J connectivity index is 2.41. The molecule has 0 unspecified atom stereocenters. The molecule has 0 saturated heterocycles. The third kappa shape index (κ3) is 6.23. The van der Waals surface area contributed by atoms with Gasteiger partial charge < -0.3 is 5.11 Å². The van der Waals surface area contributed by atoms with E-state index in [2.05, 4.69) is 6.92 Å². The van der Waals surface area contributed by atoms with Gasteiger partial charge in [0, 0.05) is 0 Å². The van der Waals surface area contributed by atoms with Crippen molar-refractivity contribution in [1.82, 2.24) is 0 Å². The van der Waals surface area contributed by atoms with Crippen molar-refractivity contribution in [3.05, 3.63) is 42.0 Å². The summed E-state index contributed by atoms with van der Waals surface area (Å²) in [6.45, 7) is 2.21. The number of aliphatic carboxylic acids is 1. The maximum Gasteiger partial charge on any atom is 0.335 e. The monoisotopic (exact) mass is 260 g/mol. The molecular weight excluding hydrogens is 236 g/mol. The number of rotatable bonds is 9. The number of allylic oxidation sites excluding steroid dienone is 1. The van der Waals surface area contributed by atoms with Crippen LogP contribution in [-0.2, 0) is 4.79 Å².